The average Bonchev–Trinajstić information content (AvgIpc) is 3.32. The zero-order valence-electron chi connectivity index (χ0n) is 15.6. The Morgan fingerprint density at radius 3 is 2.93 bits per heavy atom. The number of carbonyl (C=O) groups is 1. The maximum Gasteiger partial charge on any atom is 0.224 e. The number of hydrogen-bond acceptors (Lipinski definition) is 4. The average molecular weight is 363 g/mol. The van der Waals surface area contributed by atoms with Crippen LogP contribution in [0.15, 0.2) is 42.6 Å². The van der Waals surface area contributed by atoms with Gasteiger partial charge in [-0.25, -0.2) is 9.67 Å². The number of hydrogen-bond donors (Lipinski definition) is 2. The third-order valence-corrected chi connectivity index (χ3v) is 5.11. The molecule has 1 amide bonds. The van der Waals surface area contributed by atoms with Crippen molar-refractivity contribution >= 4 is 16.9 Å². The molecule has 1 atom stereocenters. The molecule has 1 aliphatic heterocycles. The number of rotatable bonds is 6. The van der Waals surface area contributed by atoms with Gasteiger partial charge in [0, 0.05) is 30.6 Å². The summed E-state index contributed by atoms with van der Waals surface area (Å²) in [5, 5.41) is 12.3. The van der Waals surface area contributed by atoms with Crippen LogP contribution in [0.5, 0.6) is 0 Å². The molecule has 0 bridgehead atoms. The molecule has 140 valence electrons. The molecule has 4 rings (SSSR count). The number of nitrogens with zero attached hydrogens (tertiary/aromatic N) is 3. The molecule has 0 radical (unpaired) electrons. The molecule has 1 aliphatic rings. The molecule has 2 aromatic heterocycles. The number of aromatic nitrogens is 3. The maximum atomic E-state index is 12.2. The fraction of sp³-hybridized carbons (Fsp3) is 0.381. The van der Waals surface area contributed by atoms with Crippen molar-refractivity contribution in [1.82, 2.24) is 25.4 Å². The molecule has 6 nitrogen and oxygen atoms in total. The molecule has 27 heavy (non-hydrogen) atoms. The van der Waals surface area contributed by atoms with Crippen LogP contribution in [-0.2, 0) is 17.8 Å². The fourth-order valence-electron chi connectivity index (χ4n) is 3.63. The van der Waals surface area contributed by atoms with E-state index in [1.807, 2.05) is 41.9 Å². The number of fused-ring (bicyclic) bond motifs is 1. The first-order valence-corrected chi connectivity index (χ1v) is 9.55. The number of amides is 1. The van der Waals surface area contributed by atoms with Crippen molar-refractivity contribution < 1.29 is 4.79 Å². The van der Waals surface area contributed by atoms with Gasteiger partial charge in [0.15, 0.2) is 5.65 Å². The second-order valence-electron chi connectivity index (χ2n) is 7.19. The van der Waals surface area contributed by atoms with Gasteiger partial charge < -0.3 is 10.6 Å². The van der Waals surface area contributed by atoms with Gasteiger partial charge in [-0.1, -0.05) is 29.8 Å². The van der Waals surface area contributed by atoms with E-state index in [0.29, 0.717) is 25.4 Å². The third kappa shape index (κ3) is 4.01. The Kier molecular flexibility index (Phi) is 5.16. The molecular formula is C21H25N5O. The molecular weight excluding hydrogens is 338 g/mol. The SMILES string of the molecule is Cc1ccc(CC(=O)NCCn2nc([C@H]3CCNC3)c3cccnc32)cc1. The minimum Gasteiger partial charge on any atom is -0.354 e. The summed E-state index contributed by atoms with van der Waals surface area (Å²) in [6.45, 7) is 5.21. The highest BCUT2D eigenvalue weighted by atomic mass is 16.1. The van der Waals surface area contributed by atoms with Crippen LogP contribution >= 0.6 is 0 Å². The molecule has 1 aromatic carbocycles. The molecule has 3 heterocycles. The van der Waals surface area contributed by atoms with Gasteiger partial charge in [-0.2, -0.15) is 5.10 Å². The predicted octanol–water partition coefficient (Wildman–Crippen LogP) is 2.18. The van der Waals surface area contributed by atoms with Crippen LogP contribution in [-0.4, -0.2) is 40.3 Å². The van der Waals surface area contributed by atoms with E-state index in [9.17, 15) is 4.79 Å². The first-order chi connectivity index (χ1) is 13.2. The normalized spacial score (nSPS) is 16.7. The number of benzene rings is 1. The van der Waals surface area contributed by atoms with Crippen LogP contribution in [0, 0.1) is 6.92 Å². The Labute approximate surface area is 159 Å². The summed E-state index contributed by atoms with van der Waals surface area (Å²) in [4.78, 5) is 16.7. The van der Waals surface area contributed by atoms with Gasteiger partial charge in [-0.3, -0.25) is 4.79 Å². The van der Waals surface area contributed by atoms with Crippen molar-refractivity contribution in [3.63, 3.8) is 0 Å². The van der Waals surface area contributed by atoms with Crippen LogP contribution in [0.4, 0.5) is 0 Å². The molecule has 1 fully saturated rings. The second kappa shape index (κ2) is 7.88. The number of carbonyl (C=O) groups excluding carboxylic acids is 1. The number of pyridine rings is 1. The number of nitrogens with one attached hydrogen (secondary N) is 2. The molecule has 6 heteroatoms. The van der Waals surface area contributed by atoms with Crippen LogP contribution in [0.25, 0.3) is 11.0 Å². The second-order valence-corrected chi connectivity index (χ2v) is 7.19. The lowest BCUT2D eigenvalue weighted by Gasteiger charge is -2.07. The van der Waals surface area contributed by atoms with E-state index in [-0.39, 0.29) is 5.91 Å². The quantitative estimate of drug-likeness (QED) is 0.704. The Morgan fingerprint density at radius 2 is 2.15 bits per heavy atom. The van der Waals surface area contributed by atoms with E-state index in [0.717, 1.165) is 41.8 Å². The van der Waals surface area contributed by atoms with E-state index < -0.39 is 0 Å². The number of aryl methyl sites for hydroxylation is 1. The van der Waals surface area contributed by atoms with E-state index >= 15 is 0 Å². The highest BCUT2D eigenvalue weighted by Gasteiger charge is 2.23. The summed E-state index contributed by atoms with van der Waals surface area (Å²) in [6, 6.07) is 12.1. The van der Waals surface area contributed by atoms with E-state index in [1.165, 1.54) is 5.56 Å². The van der Waals surface area contributed by atoms with Crippen LogP contribution in [0.3, 0.4) is 0 Å². The summed E-state index contributed by atoms with van der Waals surface area (Å²) >= 11 is 0. The van der Waals surface area contributed by atoms with Crippen molar-refractivity contribution in [2.75, 3.05) is 19.6 Å². The zero-order chi connectivity index (χ0) is 18.6. The molecule has 2 N–H and O–H groups in total. The monoisotopic (exact) mass is 363 g/mol. The molecule has 3 aromatic rings. The zero-order valence-corrected chi connectivity index (χ0v) is 15.6. The first-order valence-electron chi connectivity index (χ1n) is 9.55. The van der Waals surface area contributed by atoms with Gasteiger partial charge >= 0.3 is 0 Å². The van der Waals surface area contributed by atoms with Gasteiger partial charge in [0.25, 0.3) is 0 Å². The lowest BCUT2D eigenvalue weighted by molar-refractivity contribution is -0.120. The minimum absolute atomic E-state index is 0.0310. The molecule has 0 spiro atoms. The van der Waals surface area contributed by atoms with Crippen molar-refractivity contribution in [3.8, 4) is 0 Å². The summed E-state index contributed by atoms with van der Waals surface area (Å²) in [5.74, 6) is 0.470. The first kappa shape index (κ1) is 17.7. The highest BCUT2D eigenvalue weighted by Crippen LogP contribution is 2.27. The summed E-state index contributed by atoms with van der Waals surface area (Å²) in [5.41, 5.74) is 4.24. The van der Waals surface area contributed by atoms with Crippen LogP contribution in [0.1, 0.15) is 29.2 Å². The molecule has 1 saturated heterocycles. The summed E-state index contributed by atoms with van der Waals surface area (Å²) in [7, 11) is 0. The van der Waals surface area contributed by atoms with Gasteiger partial charge in [0.2, 0.25) is 5.91 Å². The predicted molar refractivity (Wildman–Crippen MR) is 106 cm³/mol. The Balaban J connectivity index is 1.40. The lowest BCUT2D eigenvalue weighted by Crippen LogP contribution is -2.29. The summed E-state index contributed by atoms with van der Waals surface area (Å²) in [6.07, 6.45) is 3.30. The Morgan fingerprint density at radius 1 is 1.30 bits per heavy atom. The maximum absolute atomic E-state index is 12.2. The largest absolute Gasteiger partial charge is 0.354 e. The van der Waals surface area contributed by atoms with E-state index in [1.54, 1.807) is 6.20 Å². The van der Waals surface area contributed by atoms with Gasteiger partial charge in [0.1, 0.15) is 0 Å². The smallest absolute Gasteiger partial charge is 0.224 e. The van der Waals surface area contributed by atoms with Crippen LogP contribution in [0.2, 0.25) is 0 Å². The standard InChI is InChI=1S/C21H25N5O/c1-15-4-6-16(7-5-15)13-19(27)23-11-12-26-21-18(3-2-9-24-21)20(25-26)17-8-10-22-14-17/h2-7,9,17,22H,8,10-14H2,1H3,(H,23,27)/t17-/m0/s1. The minimum atomic E-state index is 0.0310. The summed E-state index contributed by atoms with van der Waals surface area (Å²) < 4.78 is 1.93. The fourth-order valence-corrected chi connectivity index (χ4v) is 3.63. The van der Waals surface area contributed by atoms with Crippen molar-refractivity contribution in [3.05, 3.63) is 59.4 Å². The van der Waals surface area contributed by atoms with Gasteiger partial charge in [-0.15, -0.1) is 0 Å². The third-order valence-electron chi connectivity index (χ3n) is 5.11. The van der Waals surface area contributed by atoms with E-state index in [2.05, 4.69) is 21.7 Å². The Bertz CT molecular complexity index is 925. The van der Waals surface area contributed by atoms with E-state index in [4.69, 9.17) is 5.10 Å². The highest BCUT2D eigenvalue weighted by molar-refractivity contribution is 5.79. The topological polar surface area (TPSA) is 71.8 Å². The van der Waals surface area contributed by atoms with Gasteiger partial charge in [0.05, 0.1) is 18.7 Å². The van der Waals surface area contributed by atoms with Crippen molar-refractivity contribution in [2.24, 2.45) is 0 Å². The van der Waals surface area contributed by atoms with Crippen molar-refractivity contribution in [2.45, 2.75) is 32.2 Å². The van der Waals surface area contributed by atoms with Crippen LogP contribution < -0.4 is 10.6 Å². The molecule has 0 saturated carbocycles. The van der Waals surface area contributed by atoms with Gasteiger partial charge in [-0.05, 0) is 37.6 Å². The molecule has 0 aliphatic carbocycles. The molecule has 0 unspecified atom stereocenters. The lowest BCUT2D eigenvalue weighted by atomic mass is 10.0. The Hall–Kier alpha value is -2.73. The van der Waals surface area contributed by atoms with Crippen molar-refractivity contribution in [1.29, 1.82) is 0 Å².